The SMILES string of the molecule is CCCc1oc(-c2ccccc2Cl)nc1C(=O)Nc1ccc(N(C)CC)nc1. The number of aryl methyl sites for hydroxylation is 1. The van der Waals surface area contributed by atoms with Crippen molar-refractivity contribution >= 4 is 29.0 Å². The van der Waals surface area contributed by atoms with E-state index in [1.165, 1.54) is 0 Å². The van der Waals surface area contributed by atoms with Crippen molar-refractivity contribution in [2.45, 2.75) is 26.7 Å². The Kier molecular flexibility index (Phi) is 6.31. The highest BCUT2D eigenvalue weighted by molar-refractivity contribution is 6.33. The molecule has 0 unspecified atom stereocenters. The molecule has 146 valence electrons. The molecule has 0 aliphatic heterocycles. The molecule has 28 heavy (non-hydrogen) atoms. The fraction of sp³-hybridized carbons (Fsp3) is 0.286. The molecule has 7 heteroatoms. The van der Waals surface area contributed by atoms with Gasteiger partial charge in [-0.2, -0.15) is 0 Å². The standard InChI is InChI=1S/C21H23ClN4O2/c1-4-8-17-19(25-21(28-17)15-9-6-7-10-16(15)22)20(27)24-14-11-12-18(23-13-14)26(3)5-2/h6-7,9-13H,4-5,8H2,1-3H3,(H,24,27). The van der Waals surface area contributed by atoms with Crippen molar-refractivity contribution in [1.29, 1.82) is 0 Å². The average molecular weight is 399 g/mol. The summed E-state index contributed by atoms with van der Waals surface area (Å²) in [5.41, 5.74) is 1.53. The highest BCUT2D eigenvalue weighted by Crippen LogP contribution is 2.29. The highest BCUT2D eigenvalue weighted by Gasteiger charge is 2.21. The Morgan fingerprint density at radius 2 is 2.00 bits per heavy atom. The zero-order chi connectivity index (χ0) is 20.1. The molecule has 0 saturated carbocycles. The van der Waals surface area contributed by atoms with Gasteiger partial charge in [-0.3, -0.25) is 4.79 Å². The normalized spacial score (nSPS) is 10.7. The molecular formula is C21H23ClN4O2. The molecule has 3 rings (SSSR count). The van der Waals surface area contributed by atoms with Crippen LogP contribution in [0, 0.1) is 0 Å². The predicted molar refractivity (Wildman–Crippen MR) is 112 cm³/mol. The number of carbonyl (C=O) groups excluding carboxylic acids is 1. The first-order valence-electron chi connectivity index (χ1n) is 9.26. The molecule has 1 amide bonds. The quantitative estimate of drug-likeness (QED) is 0.602. The Hall–Kier alpha value is -2.86. The first kappa shape index (κ1) is 19.9. The summed E-state index contributed by atoms with van der Waals surface area (Å²) in [5.74, 6) is 1.40. The maximum Gasteiger partial charge on any atom is 0.277 e. The summed E-state index contributed by atoms with van der Waals surface area (Å²) in [7, 11) is 1.96. The van der Waals surface area contributed by atoms with E-state index in [2.05, 4.69) is 15.3 Å². The van der Waals surface area contributed by atoms with E-state index < -0.39 is 0 Å². The molecule has 3 aromatic rings. The van der Waals surface area contributed by atoms with Crippen molar-refractivity contribution in [1.82, 2.24) is 9.97 Å². The molecule has 0 aliphatic carbocycles. The molecular weight excluding hydrogens is 376 g/mol. The highest BCUT2D eigenvalue weighted by atomic mass is 35.5. The molecule has 1 N–H and O–H groups in total. The number of carbonyl (C=O) groups is 1. The second-order valence-electron chi connectivity index (χ2n) is 6.39. The summed E-state index contributed by atoms with van der Waals surface area (Å²) in [6.07, 6.45) is 3.07. The van der Waals surface area contributed by atoms with E-state index in [0.29, 0.717) is 34.3 Å². The molecule has 0 bridgehead atoms. The first-order valence-corrected chi connectivity index (χ1v) is 9.64. The number of hydrogen-bond donors (Lipinski definition) is 1. The lowest BCUT2D eigenvalue weighted by Gasteiger charge is -2.15. The maximum atomic E-state index is 12.8. The topological polar surface area (TPSA) is 71.3 Å². The average Bonchev–Trinajstić information content (AvgIpc) is 3.12. The Bertz CT molecular complexity index is 953. The van der Waals surface area contributed by atoms with Gasteiger partial charge in [0.25, 0.3) is 5.91 Å². The van der Waals surface area contributed by atoms with Gasteiger partial charge >= 0.3 is 0 Å². The van der Waals surface area contributed by atoms with Gasteiger partial charge in [-0.05, 0) is 37.6 Å². The molecule has 0 spiro atoms. The van der Waals surface area contributed by atoms with Crippen molar-refractivity contribution in [3.8, 4) is 11.5 Å². The van der Waals surface area contributed by atoms with Crippen LogP contribution in [0.3, 0.4) is 0 Å². The third-order valence-electron chi connectivity index (χ3n) is 4.36. The van der Waals surface area contributed by atoms with E-state index in [-0.39, 0.29) is 11.6 Å². The smallest absolute Gasteiger partial charge is 0.277 e. The van der Waals surface area contributed by atoms with Crippen LogP contribution in [0.2, 0.25) is 5.02 Å². The van der Waals surface area contributed by atoms with Gasteiger partial charge in [-0.25, -0.2) is 9.97 Å². The largest absolute Gasteiger partial charge is 0.440 e. The number of pyridine rings is 1. The summed E-state index contributed by atoms with van der Waals surface area (Å²) < 4.78 is 5.87. The number of nitrogens with one attached hydrogen (secondary N) is 1. The van der Waals surface area contributed by atoms with Crippen LogP contribution in [-0.4, -0.2) is 29.5 Å². The summed E-state index contributed by atoms with van der Waals surface area (Å²) >= 11 is 6.25. The minimum atomic E-state index is -0.330. The van der Waals surface area contributed by atoms with Gasteiger partial charge in [0.2, 0.25) is 5.89 Å². The van der Waals surface area contributed by atoms with Gasteiger partial charge in [0, 0.05) is 20.0 Å². The van der Waals surface area contributed by atoms with Crippen LogP contribution in [-0.2, 0) is 6.42 Å². The lowest BCUT2D eigenvalue weighted by molar-refractivity contribution is 0.102. The van der Waals surface area contributed by atoms with Crippen LogP contribution in [0.25, 0.3) is 11.5 Å². The van der Waals surface area contributed by atoms with Crippen LogP contribution < -0.4 is 10.2 Å². The molecule has 2 aromatic heterocycles. The number of halogens is 1. The molecule has 0 atom stereocenters. The molecule has 6 nitrogen and oxygen atoms in total. The van der Waals surface area contributed by atoms with Crippen molar-refractivity contribution in [3.63, 3.8) is 0 Å². The number of rotatable bonds is 7. The summed E-state index contributed by atoms with van der Waals surface area (Å²) in [5, 5.41) is 3.37. The Morgan fingerprint density at radius 1 is 1.21 bits per heavy atom. The fourth-order valence-electron chi connectivity index (χ4n) is 2.71. The zero-order valence-electron chi connectivity index (χ0n) is 16.2. The summed E-state index contributed by atoms with van der Waals surface area (Å²) in [6, 6.07) is 11.0. The van der Waals surface area contributed by atoms with E-state index in [4.69, 9.17) is 16.0 Å². The monoisotopic (exact) mass is 398 g/mol. The summed E-state index contributed by atoms with van der Waals surface area (Å²) in [6.45, 7) is 4.92. The molecule has 1 aromatic carbocycles. The molecule has 0 fully saturated rings. The lowest BCUT2D eigenvalue weighted by Crippen LogP contribution is -2.18. The second kappa shape index (κ2) is 8.89. The lowest BCUT2D eigenvalue weighted by atomic mass is 10.2. The van der Waals surface area contributed by atoms with Crippen molar-refractivity contribution in [3.05, 3.63) is 59.1 Å². The van der Waals surface area contributed by atoms with Crippen LogP contribution in [0.15, 0.2) is 47.0 Å². The maximum absolute atomic E-state index is 12.8. The Morgan fingerprint density at radius 3 is 2.64 bits per heavy atom. The first-order chi connectivity index (χ1) is 13.5. The fourth-order valence-corrected chi connectivity index (χ4v) is 2.93. The van der Waals surface area contributed by atoms with Crippen molar-refractivity contribution < 1.29 is 9.21 Å². The van der Waals surface area contributed by atoms with Crippen molar-refractivity contribution in [2.24, 2.45) is 0 Å². The van der Waals surface area contributed by atoms with Crippen LogP contribution in [0.4, 0.5) is 11.5 Å². The van der Waals surface area contributed by atoms with Gasteiger partial charge in [0.1, 0.15) is 11.6 Å². The molecule has 0 saturated heterocycles. The number of benzene rings is 1. The van der Waals surface area contributed by atoms with Crippen LogP contribution in [0.1, 0.15) is 36.5 Å². The molecule has 0 radical (unpaired) electrons. The molecule has 0 aliphatic rings. The minimum absolute atomic E-state index is 0.270. The van der Waals surface area contributed by atoms with Gasteiger partial charge in [-0.15, -0.1) is 0 Å². The van der Waals surface area contributed by atoms with Crippen LogP contribution in [0.5, 0.6) is 0 Å². The number of amides is 1. The summed E-state index contributed by atoms with van der Waals surface area (Å²) in [4.78, 5) is 23.6. The predicted octanol–water partition coefficient (Wildman–Crippen LogP) is 5.05. The van der Waals surface area contributed by atoms with E-state index in [1.54, 1.807) is 12.3 Å². The Balaban J connectivity index is 1.85. The Labute approximate surface area is 169 Å². The number of nitrogens with zero attached hydrogens (tertiary/aromatic N) is 3. The number of hydrogen-bond acceptors (Lipinski definition) is 5. The van der Waals surface area contributed by atoms with E-state index >= 15 is 0 Å². The number of oxazole rings is 1. The zero-order valence-corrected chi connectivity index (χ0v) is 17.0. The number of aromatic nitrogens is 2. The van der Waals surface area contributed by atoms with Gasteiger partial charge < -0.3 is 14.6 Å². The van der Waals surface area contributed by atoms with E-state index in [9.17, 15) is 4.79 Å². The third-order valence-corrected chi connectivity index (χ3v) is 4.69. The number of anilines is 2. The van der Waals surface area contributed by atoms with Crippen molar-refractivity contribution in [2.75, 3.05) is 23.8 Å². The molecule has 2 heterocycles. The third kappa shape index (κ3) is 4.34. The minimum Gasteiger partial charge on any atom is -0.440 e. The van der Waals surface area contributed by atoms with Gasteiger partial charge in [0.15, 0.2) is 5.69 Å². The van der Waals surface area contributed by atoms with E-state index in [0.717, 1.165) is 18.8 Å². The van der Waals surface area contributed by atoms with Crippen LogP contribution >= 0.6 is 11.6 Å². The van der Waals surface area contributed by atoms with E-state index in [1.807, 2.05) is 56.1 Å². The second-order valence-corrected chi connectivity index (χ2v) is 6.80. The van der Waals surface area contributed by atoms with Gasteiger partial charge in [0.05, 0.1) is 22.5 Å². The van der Waals surface area contributed by atoms with Gasteiger partial charge in [-0.1, -0.05) is 30.7 Å².